The molecule has 4 aromatic rings. The lowest BCUT2D eigenvalue weighted by Gasteiger charge is -2.32. The second-order valence-electron chi connectivity index (χ2n) is 10.4. The van der Waals surface area contributed by atoms with E-state index in [0.29, 0.717) is 47.8 Å². The first-order valence-electron chi connectivity index (χ1n) is 13.8. The Morgan fingerprint density at radius 1 is 1.05 bits per heavy atom. The van der Waals surface area contributed by atoms with E-state index in [1.165, 1.54) is 6.20 Å². The number of carbonyl (C=O) groups is 1. The fraction of sp³-hybridized carbons (Fsp3) is 0.323. The van der Waals surface area contributed by atoms with Gasteiger partial charge < -0.3 is 19.5 Å². The minimum absolute atomic E-state index is 0.147. The molecule has 1 fully saturated rings. The number of hydrogen-bond acceptors (Lipinski definition) is 8. The van der Waals surface area contributed by atoms with Gasteiger partial charge in [-0.25, -0.2) is 9.78 Å². The van der Waals surface area contributed by atoms with Crippen LogP contribution >= 0.6 is 0 Å². The molecule has 41 heavy (non-hydrogen) atoms. The van der Waals surface area contributed by atoms with Crippen molar-refractivity contribution in [2.24, 2.45) is 0 Å². The molecule has 10 heteroatoms. The fourth-order valence-electron chi connectivity index (χ4n) is 5.15. The van der Waals surface area contributed by atoms with E-state index in [1.807, 2.05) is 36.4 Å². The molecule has 0 aliphatic carbocycles. The van der Waals surface area contributed by atoms with Gasteiger partial charge in [0.2, 0.25) is 0 Å². The molecule has 0 atom stereocenters. The molecule has 212 valence electrons. The lowest BCUT2D eigenvalue weighted by Crippen LogP contribution is -2.43. The van der Waals surface area contributed by atoms with Crippen molar-refractivity contribution in [3.8, 4) is 0 Å². The summed E-state index contributed by atoms with van der Waals surface area (Å²) in [7, 11) is 0. The third kappa shape index (κ3) is 7.03. The first-order valence-corrected chi connectivity index (χ1v) is 13.8. The Balaban J connectivity index is 1.16. The highest BCUT2D eigenvalue weighted by Crippen LogP contribution is 2.20. The van der Waals surface area contributed by atoms with Gasteiger partial charge in [0.05, 0.1) is 27.7 Å². The Morgan fingerprint density at radius 2 is 1.83 bits per heavy atom. The predicted octanol–water partition coefficient (Wildman–Crippen LogP) is 4.22. The van der Waals surface area contributed by atoms with E-state index < -0.39 is 5.97 Å². The third-order valence-corrected chi connectivity index (χ3v) is 7.59. The molecule has 1 saturated heterocycles. The fourth-order valence-corrected chi connectivity index (χ4v) is 5.15. The van der Waals surface area contributed by atoms with Gasteiger partial charge in [0.1, 0.15) is 6.61 Å². The van der Waals surface area contributed by atoms with Crippen molar-refractivity contribution in [3.63, 3.8) is 0 Å². The topological polar surface area (TPSA) is 120 Å². The largest absolute Gasteiger partial charge is 0.457 e. The highest BCUT2D eigenvalue weighted by atomic mass is 16.6. The van der Waals surface area contributed by atoms with Crippen LogP contribution in [-0.4, -0.2) is 51.0 Å². The lowest BCUT2D eigenvalue weighted by molar-refractivity contribution is -0.385. The summed E-state index contributed by atoms with van der Waals surface area (Å²) in [4.78, 5) is 43.0. The summed E-state index contributed by atoms with van der Waals surface area (Å²) >= 11 is 0. The zero-order valence-electron chi connectivity index (χ0n) is 23.0. The number of nitro benzene ring substituents is 1. The molecular weight excluding hydrogens is 522 g/mol. The van der Waals surface area contributed by atoms with Crippen LogP contribution in [0.5, 0.6) is 0 Å². The van der Waals surface area contributed by atoms with Crippen molar-refractivity contribution in [2.45, 2.75) is 45.5 Å². The molecule has 0 bridgehead atoms. The van der Waals surface area contributed by atoms with Crippen LogP contribution in [0.3, 0.4) is 0 Å². The van der Waals surface area contributed by atoms with Crippen LogP contribution in [0.4, 0.5) is 5.69 Å². The number of benzene rings is 3. The number of aryl methyl sites for hydroxylation is 1. The first-order chi connectivity index (χ1) is 19.9. The lowest BCUT2D eigenvalue weighted by atomic mass is 10.0. The minimum atomic E-state index is -0.451. The number of likely N-dealkylation sites (tertiary alicyclic amines) is 1. The molecule has 1 N–H and O–H groups in total. The standard InChI is InChI=1S/C31H33N5O5/c1-22-7-8-24(17-28(22)36(39)40)19-32-26-11-13-34(14-12-26)15-16-35-29-18-25(9-10-27(29)33-20-30(35)37)31(38)41-21-23-5-3-2-4-6-23/h2-10,17-18,20,26,32H,11-16,19,21H2,1H3. The van der Waals surface area contributed by atoms with Crippen molar-refractivity contribution in [1.82, 2.24) is 19.8 Å². The summed E-state index contributed by atoms with van der Waals surface area (Å²) in [6.07, 6.45) is 3.20. The molecule has 0 radical (unpaired) electrons. The van der Waals surface area contributed by atoms with Crippen LogP contribution in [0.2, 0.25) is 0 Å². The highest BCUT2D eigenvalue weighted by Gasteiger charge is 2.20. The zero-order valence-corrected chi connectivity index (χ0v) is 23.0. The minimum Gasteiger partial charge on any atom is -0.457 e. The molecule has 0 unspecified atom stereocenters. The first kappa shape index (κ1) is 28.1. The van der Waals surface area contributed by atoms with Gasteiger partial charge in [-0.3, -0.25) is 14.9 Å². The van der Waals surface area contributed by atoms with Gasteiger partial charge in [-0.15, -0.1) is 0 Å². The van der Waals surface area contributed by atoms with E-state index in [-0.39, 0.29) is 22.8 Å². The van der Waals surface area contributed by atoms with E-state index in [0.717, 1.165) is 37.1 Å². The van der Waals surface area contributed by atoms with Crippen molar-refractivity contribution >= 4 is 22.7 Å². The van der Waals surface area contributed by atoms with Gasteiger partial charge in [0, 0.05) is 37.3 Å². The van der Waals surface area contributed by atoms with Crippen molar-refractivity contribution in [2.75, 3.05) is 19.6 Å². The van der Waals surface area contributed by atoms with Gasteiger partial charge >= 0.3 is 5.97 Å². The summed E-state index contributed by atoms with van der Waals surface area (Å²) < 4.78 is 7.15. The summed E-state index contributed by atoms with van der Waals surface area (Å²) in [5.74, 6) is -0.451. The van der Waals surface area contributed by atoms with Crippen molar-refractivity contribution in [3.05, 3.63) is 116 Å². The SMILES string of the molecule is Cc1ccc(CNC2CCN(CCn3c(=O)cnc4ccc(C(=O)OCc5ccccc5)cc43)CC2)cc1[N+](=O)[O-]. The number of piperidine rings is 1. The van der Waals surface area contributed by atoms with Crippen LogP contribution < -0.4 is 10.9 Å². The van der Waals surface area contributed by atoms with E-state index in [9.17, 15) is 19.7 Å². The average Bonchev–Trinajstić information content (AvgIpc) is 2.99. The average molecular weight is 556 g/mol. The van der Waals surface area contributed by atoms with Crippen molar-refractivity contribution < 1.29 is 14.5 Å². The summed E-state index contributed by atoms with van der Waals surface area (Å²) in [5.41, 5.74) is 4.02. The Kier molecular flexibility index (Phi) is 8.81. The number of nitrogens with zero attached hydrogens (tertiary/aromatic N) is 4. The van der Waals surface area contributed by atoms with Crippen molar-refractivity contribution in [1.29, 1.82) is 0 Å². The highest BCUT2D eigenvalue weighted by molar-refractivity contribution is 5.93. The normalized spacial score (nSPS) is 14.3. The van der Waals surface area contributed by atoms with Crippen LogP contribution in [-0.2, 0) is 24.4 Å². The number of rotatable bonds is 10. The van der Waals surface area contributed by atoms with Gasteiger partial charge in [-0.1, -0.05) is 42.5 Å². The van der Waals surface area contributed by atoms with Gasteiger partial charge in [0.15, 0.2) is 0 Å². The molecule has 0 spiro atoms. The maximum atomic E-state index is 12.8. The quantitative estimate of drug-likeness (QED) is 0.175. The van der Waals surface area contributed by atoms with Crippen LogP contribution in [0.15, 0.2) is 77.7 Å². The van der Waals surface area contributed by atoms with Gasteiger partial charge in [0.25, 0.3) is 11.2 Å². The summed E-state index contributed by atoms with van der Waals surface area (Å²) in [5, 5.41) is 14.8. The van der Waals surface area contributed by atoms with Crippen LogP contribution in [0, 0.1) is 17.0 Å². The smallest absolute Gasteiger partial charge is 0.338 e. The van der Waals surface area contributed by atoms with E-state index >= 15 is 0 Å². The monoisotopic (exact) mass is 555 g/mol. The molecule has 1 aliphatic rings. The summed E-state index contributed by atoms with van der Waals surface area (Å²) in [6.45, 7) is 5.42. The Bertz CT molecular complexity index is 1600. The number of esters is 1. The molecule has 10 nitrogen and oxygen atoms in total. The van der Waals surface area contributed by atoms with Crippen LogP contribution in [0.25, 0.3) is 11.0 Å². The molecule has 1 aromatic heterocycles. The van der Waals surface area contributed by atoms with E-state index in [4.69, 9.17) is 4.74 Å². The summed E-state index contributed by atoms with van der Waals surface area (Å²) in [6, 6.07) is 20.3. The van der Waals surface area contributed by atoms with Gasteiger partial charge in [-0.2, -0.15) is 0 Å². The Labute approximate surface area is 237 Å². The van der Waals surface area contributed by atoms with Crippen LogP contribution in [0.1, 0.15) is 39.9 Å². The second kappa shape index (κ2) is 12.8. The number of ether oxygens (including phenoxy) is 1. The maximum Gasteiger partial charge on any atom is 0.338 e. The van der Waals surface area contributed by atoms with Gasteiger partial charge in [-0.05, 0) is 62.2 Å². The second-order valence-corrected chi connectivity index (χ2v) is 10.4. The Hall–Kier alpha value is -4.41. The molecule has 2 heterocycles. The maximum absolute atomic E-state index is 12.8. The molecule has 0 amide bonds. The number of nitro groups is 1. The Morgan fingerprint density at radius 3 is 2.59 bits per heavy atom. The number of fused-ring (bicyclic) bond motifs is 1. The molecular formula is C31H33N5O5. The molecule has 5 rings (SSSR count). The number of nitrogens with one attached hydrogen (secondary N) is 1. The van der Waals surface area contributed by atoms with E-state index in [2.05, 4.69) is 15.2 Å². The van der Waals surface area contributed by atoms with E-state index in [1.54, 1.807) is 41.8 Å². The molecule has 0 saturated carbocycles. The number of carbonyl (C=O) groups excluding carboxylic acids is 1. The molecule has 1 aliphatic heterocycles. The molecule has 3 aromatic carbocycles. The number of aromatic nitrogens is 2. The third-order valence-electron chi connectivity index (χ3n) is 7.59. The predicted molar refractivity (Wildman–Crippen MR) is 156 cm³/mol. The number of hydrogen-bond donors (Lipinski definition) is 1. The zero-order chi connectivity index (χ0) is 28.8.